The summed E-state index contributed by atoms with van der Waals surface area (Å²) in [7, 11) is -1.80. The first-order valence-corrected chi connectivity index (χ1v) is 9.76. The third-order valence-electron chi connectivity index (χ3n) is 4.38. The van der Waals surface area contributed by atoms with Gasteiger partial charge in [-0.05, 0) is 32.6 Å². The number of carbonyl (C=O) groups is 1. The van der Waals surface area contributed by atoms with Crippen LogP contribution < -0.4 is 0 Å². The van der Waals surface area contributed by atoms with Crippen LogP contribution in [0.3, 0.4) is 0 Å². The van der Waals surface area contributed by atoms with E-state index in [-0.39, 0.29) is 16.7 Å². The van der Waals surface area contributed by atoms with Gasteiger partial charge in [0.05, 0.1) is 0 Å². The highest BCUT2D eigenvalue weighted by Crippen LogP contribution is 2.28. The number of nitrogens with zero attached hydrogens (tertiary/aromatic N) is 3. The third-order valence-corrected chi connectivity index (χ3v) is 6.53. The zero-order valence-corrected chi connectivity index (χ0v) is 15.9. The molecule has 1 aromatic heterocycles. The lowest BCUT2D eigenvalue weighted by Gasteiger charge is -2.32. The molecule has 2 heterocycles. The Balaban J connectivity index is 2.04. The number of piperidine rings is 1. The van der Waals surface area contributed by atoms with E-state index in [4.69, 9.17) is 4.52 Å². The first-order valence-electron chi connectivity index (χ1n) is 8.32. The summed E-state index contributed by atoms with van der Waals surface area (Å²) < 4.78 is 32.0. The molecule has 8 heteroatoms. The van der Waals surface area contributed by atoms with Crippen molar-refractivity contribution in [1.82, 2.24) is 14.4 Å². The van der Waals surface area contributed by atoms with Crippen molar-refractivity contribution in [1.29, 1.82) is 0 Å². The van der Waals surface area contributed by atoms with E-state index in [1.165, 1.54) is 4.31 Å². The van der Waals surface area contributed by atoms with E-state index in [0.717, 1.165) is 6.54 Å². The van der Waals surface area contributed by atoms with Crippen LogP contribution in [0.1, 0.15) is 38.1 Å². The first kappa shape index (κ1) is 18.9. The molecule has 0 N–H and O–H groups in total. The van der Waals surface area contributed by atoms with Gasteiger partial charge in [-0.3, -0.25) is 4.79 Å². The molecule has 0 unspecified atom stereocenters. The van der Waals surface area contributed by atoms with Crippen LogP contribution in [0, 0.1) is 25.7 Å². The number of aryl methyl sites for hydroxylation is 2. The molecule has 2 rings (SSSR count). The summed E-state index contributed by atoms with van der Waals surface area (Å²) in [6, 6.07) is 0. The summed E-state index contributed by atoms with van der Waals surface area (Å²) in [5, 5.41) is 3.73. The molecule has 0 spiro atoms. The molecule has 0 aliphatic carbocycles. The molecule has 0 radical (unpaired) electrons. The van der Waals surface area contributed by atoms with Gasteiger partial charge in [-0.1, -0.05) is 19.0 Å². The molecule has 1 amide bonds. The summed E-state index contributed by atoms with van der Waals surface area (Å²) >= 11 is 0. The monoisotopic (exact) mass is 357 g/mol. The Bertz CT molecular complexity index is 669. The molecule has 1 aromatic rings. The van der Waals surface area contributed by atoms with Gasteiger partial charge in [0.2, 0.25) is 15.9 Å². The number of carbonyl (C=O) groups excluding carboxylic acids is 1. The zero-order valence-electron chi connectivity index (χ0n) is 15.1. The highest BCUT2D eigenvalue weighted by molar-refractivity contribution is 7.89. The van der Waals surface area contributed by atoms with Gasteiger partial charge in [-0.15, -0.1) is 0 Å². The predicted molar refractivity (Wildman–Crippen MR) is 89.9 cm³/mol. The number of hydrogen-bond acceptors (Lipinski definition) is 5. The molecule has 7 nitrogen and oxygen atoms in total. The second kappa shape index (κ2) is 7.23. The van der Waals surface area contributed by atoms with Gasteiger partial charge in [0.15, 0.2) is 5.76 Å². The zero-order chi connectivity index (χ0) is 18.1. The van der Waals surface area contributed by atoms with Crippen molar-refractivity contribution in [2.45, 2.75) is 45.4 Å². The van der Waals surface area contributed by atoms with Crippen LogP contribution in [0.25, 0.3) is 0 Å². The van der Waals surface area contributed by atoms with Crippen LogP contribution in [0.2, 0.25) is 0 Å². The lowest BCUT2D eigenvalue weighted by Crippen LogP contribution is -2.44. The van der Waals surface area contributed by atoms with E-state index < -0.39 is 10.0 Å². The maximum absolute atomic E-state index is 12.8. The average molecular weight is 357 g/mol. The molecular weight excluding hydrogens is 330 g/mol. The summed E-state index contributed by atoms with van der Waals surface area (Å²) in [5.74, 6) is 0.726. The van der Waals surface area contributed by atoms with E-state index in [1.54, 1.807) is 18.7 Å². The number of aromatic nitrogens is 1. The highest BCUT2D eigenvalue weighted by atomic mass is 32.2. The van der Waals surface area contributed by atoms with Gasteiger partial charge in [0.25, 0.3) is 0 Å². The minimum absolute atomic E-state index is 0.107. The number of rotatable bonds is 5. The fourth-order valence-corrected chi connectivity index (χ4v) is 5.03. The van der Waals surface area contributed by atoms with Crippen molar-refractivity contribution in [3.05, 3.63) is 11.5 Å². The Kier molecular flexibility index (Phi) is 5.70. The molecular formula is C16H27N3O4S. The number of sulfonamides is 1. The smallest absolute Gasteiger partial charge is 0.248 e. The lowest BCUT2D eigenvalue weighted by atomic mass is 9.96. The summed E-state index contributed by atoms with van der Waals surface area (Å²) in [4.78, 5) is 14.4. The molecule has 1 aliphatic heterocycles. The van der Waals surface area contributed by atoms with E-state index >= 15 is 0 Å². The summed E-state index contributed by atoms with van der Waals surface area (Å²) in [6.45, 7) is 8.78. The van der Waals surface area contributed by atoms with Crippen molar-refractivity contribution in [2.24, 2.45) is 11.8 Å². The molecule has 0 bridgehead atoms. The minimum atomic E-state index is -3.62. The summed E-state index contributed by atoms with van der Waals surface area (Å²) in [5.41, 5.74) is 0.377. The van der Waals surface area contributed by atoms with Crippen molar-refractivity contribution >= 4 is 15.9 Å². The predicted octanol–water partition coefficient (Wildman–Crippen LogP) is 1.81. The third kappa shape index (κ3) is 3.80. The normalized spacial score (nSPS) is 17.4. The van der Waals surface area contributed by atoms with E-state index in [2.05, 4.69) is 19.0 Å². The van der Waals surface area contributed by atoms with Gasteiger partial charge in [0, 0.05) is 32.6 Å². The fraction of sp³-hybridized carbons (Fsp3) is 0.750. The SMILES string of the molecule is Cc1noc(C)c1S(=O)(=O)N1CCC(C(=O)N(C)CC(C)C)CC1. The maximum atomic E-state index is 12.8. The second-order valence-electron chi connectivity index (χ2n) is 6.94. The Labute approximate surface area is 144 Å². The van der Waals surface area contributed by atoms with E-state index in [0.29, 0.717) is 43.3 Å². The Hall–Kier alpha value is -1.41. The molecule has 136 valence electrons. The van der Waals surface area contributed by atoms with Crippen LogP contribution >= 0.6 is 0 Å². The van der Waals surface area contributed by atoms with Gasteiger partial charge in [-0.25, -0.2) is 8.42 Å². The van der Waals surface area contributed by atoms with Crippen LogP contribution in [0.5, 0.6) is 0 Å². The standard InChI is InChI=1S/C16H27N3O4S/c1-11(2)10-18(5)16(20)14-6-8-19(9-7-14)24(21,22)15-12(3)17-23-13(15)4/h11,14H,6-10H2,1-5H3. The van der Waals surface area contributed by atoms with Crippen molar-refractivity contribution in [3.8, 4) is 0 Å². The Morgan fingerprint density at radius 3 is 2.38 bits per heavy atom. The van der Waals surface area contributed by atoms with Gasteiger partial charge in [-0.2, -0.15) is 4.31 Å². The lowest BCUT2D eigenvalue weighted by molar-refractivity contribution is -0.135. The molecule has 24 heavy (non-hydrogen) atoms. The first-order chi connectivity index (χ1) is 11.1. The summed E-state index contributed by atoms with van der Waals surface area (Å²) in [6.07, 6.45) is 1.09. The van der Waals surface area contributed by atoms with Gasteiger partial charge < -0.3 is 9.42 Å². The van der Waals surface area contributed by atoms with Crippen LogP contribution in [0.15, 0.2) is 9.42 Å². The number of hydrogen-bond donors (Lipinski definition) is 0. The van der Waals surface area contributed by atoms with Crippen molar-refractivity contribution in [2.75, 3.05) is 26.7 Å². The van der Waals surface area contributed by atoms with E-state index in [1.807, 2.05) is 7.05 Å². The fourth-order valence-electron chi connectivity index (χ4n) is 3.26. The maximum Gasteiger partial charge on any atom is 0.248 e. The Morgan fingerprint density at radius 2 is 1.92 bits per heavy atom. The molecule has 1 fully saturated rings. The van der Waals surface area contributed by atoms with E-state index in [9.17, 15) is 13.2 Å². The number of amides is 1. The van der Waals surface area contributed by atoms with Crippen molar-refractivity contribution < 1.29 is 17.7 Å². The van der Waals surface area contributed by atoms with Crippen LogP contribution in [-0.2, 0) is 14.8 Å². The van der Waals surface area contributed by atoms with Crippen LogP contribution in [-0.4, -0.2) is 55.4 Å². The molecule has 1 saturated heterocycles. The molecule has 0 atom stereocenters. The van der Waals surface area contributed by atoms with Crippen molar-refractivity contribution in [3.63, 3.8) is 0 Å². The van der Waals surface area contributed by atoms with Crippen LogP contribution in [0.4, 0.5) is 0 Å². The minimum Gasteiger partial charge on any atom is -0.360 e. The Morgan fingerprint density at radius 1 is 1.33 bits per heavy atom. The largest absolute Gasteiger partial charge is 0.360 e. The highest BCUT2D eigenvalue weighted by Gasteiger charge is 2.36. The molecule has 0 aromatic carbocycles. The topological polar surface area (TPSA) is 83.7 Å². The quantitative estimate of drug-likeness (QED) is 0.802. The molecule has 0 saturated carbocycles. The van der Waals surface area contributed by atoms with Gasteiger partial charge in [0.1, 0.15) is 10.6 Å². The molecule has 1 aliphatic rings. The van der Waals surface area contributed by atoms with Gasteiger partial charge >= 0.3 is 0 Å². The second-order valence-corrected chi connectivity index (χ2v) is 8.82. The average Bonchev–Trinajstić information content (AvgIpc) is 2.85.